The maximum Gasteiger partial charge on any atom is 0.328 e. The standard InChI is InChI=1S/C20H17FN6O4S/c21-20-4-14(5-20)27(18-15(20)2-1-12(8-28)25-18)19(29)26-17-3-16(11(6-22)7-23-17)24-13-9-32(30,31)10-13/h1-3,7-8,13-14H,4-5,9-10H2,(H2,23,24,26,29). The highest BCUT2D eigenvalue weighted by Crippen LogP contribution is 2.55. The molecule has 1 saturated carbocycles. The lowest BCUT2D eigenvalue weighted by Gasteiger charge is -2.52. The first-order valence-electron chi connectivity index (χ1n) is 9.84. The Labute approximate surface area is 182 Å². The maximum absolute atomic E-state index is 15.0. The number of pyridine rings is 2. The van der Waals surface area contributed by atoms with E-state index in [1.54, 1.807) is 0 Å². The van der Waals surface area contributed by atoms with Crippen molar-refractivity contribution in [3.8, 4) is 6.07 Å². The fourth-order valence-electron chi connectivity index (χ4n) is 4.36. The Morgan fingerprint density at radius 2 is 2.09 bits per heavy atom. The number of alkyl halides is 1. The summed E-state index contributed by atoms with van der Waals surface area (Å²) in [4.78, 5) is 33.7. The van der Waals surface area contributed by atoms with Gasteiger partial charge in [-0.15, -0.1) is 0 Å². The summed E-state index contributed by atoms with van der Waals surface area (Å²) < 4.78 is 37.8. The van der Waals surface area contributed by atoms with Crippen molar-refractivity contribution in [2.24, 2.45) is 0 Å². The van der Waals surface area contributed by atoms with Crippen molar-refractivity contribution in [3.63, 3.8) is 0 Å². The van der Waals surface area contributed by atoms with Gasteiger partial charge in [0.1, 0.15) is 29.1 Å². The van der Waals surface area contributed by atoms with Crippen LogP contribution in [0.1, 0.15) is 34.5 Å². The van der Waals surface area contributed by atoms with Gasteiger partial charge in [0.25, 0.3) is 0 Å². The van der Waals surface area contributed by atoms with Gasteiger partial charge in [0.15, 0.2) is 16.1 Å². The summed E-state index contributed by atoms with van der Waals surface area (Å²) in [6, 6.07) is 5.00. The van der Waals surface area contributed by atoms with Crippen LogP contribution in [0.25, 0.3) is 0 Å². The highest BCUT2D eigenvalue weighted by molar-refractivity contribution is 7.92. The number of anilines is 3. The molecule has 4 aliphatic rings. The summed E-state index contributed by atoms with van der Waals surface area (Å²) in [6.07, 6.45) is 2.08. The van der Waals surface area contributed by atoms with Gasteiger partial charge in [-0.3, -0.25) is 15.0 Å². The Kier molecular flexibility index (Phi) is 4.42. The van der Waals surface area contributed by atoms with Gasteiger partial charge < -0.3 is 5.32 Å². The number of nitriles is 1. The van der Waals surface area contributed by atoms with Gasteiger partial charge in [0, 0.05) is 36.7 Å². The van der Waals surface area contributed by atoms with Crippen molar-refractivity contribution < 1.29 is 22.4 Å². The molecule has 2 amide bonds. The fraction of sp³-hybridized carbons (Fsp3) is 0.350. The van der Waals surface area contributed by atoms with Crippen LogP contribution < -0.4 is 15.5 Å². The smallest absolute Gasteiger partial charge is 0.328 e. The lowest BCUT2D eigenvalue weighted by molar-refractivity contribution is 0.0284. The van der Waals surface area contributed by atoms with Gasteiger partial charge in [-0.2, -0.15) is 5.26 Å². The van der Waals surface area contributed by atoms with Crippen molar-refractivity contribution in [1.82, 2.24) is 9.97 Å². The highest BCUT2D eigenvalue weighted by Gasteiger charge is 2.57. The summed E-state index contributed by atoms with van der Waals surface area (Å²) in [5, 5.41) is 14.9. The number of hydrogen-bond donors (Lipinski definition) is 2. The summed E-state index contributed by atoms with van der Waals surface area (Å²) in [5.74, 6) is 0.153. The molecule has 10 nitrogen and oxygen atoms in total. The number of nitrogens with one attached hydrogen (secondary N) is 2. The average Bonchev–Trinajstić information content (AvgIpc) is 2.71. The molecular formula is C20H17FN6O4S. The second-order valence-corrected chi connectivity index (χ2v) is 10.4. The van der Waals surface area contributed by atoms with Crippen LogP contribution in [0.15, 0.2) is 24.4 Å². The van der Waals surface area contributed by atoms with Crippen LogP contribution in [0.4, 0.5) is 26.5 Å². The summed E-state index contributed by atoms with van der Waals surface area (Å²) in [6.45, 7) is 0. The number of amides is 2. The Bertz CT molecular complexity index is 1290. The van der Waals surface area contributed by atoms with Crippen molar-refractivity contribution in [1.29, 1.82) is 5.26 Å². The predicted molar refractivity (Wildman–Crippen MR) is 112 cm³/mol. The number of rotatable bonds is 4. The minimum absolute atomic E-state index is 0.0379. The lowest BCUT2D eigenvalue weighted by Crippen LogP contribution is -2.60. The van der Waals surface area contributed by atoms with E-state index >= 15 is 0 Å². The minimum Gasteiger partial charge on any atom is -0.379 e. The molecule has 2 N–H and O–H groups in total. The fourth-order valence-corrected chi connectivity index (χ4v) is 5.65. The number of sulfone groups is 1. The topological polar surface area (TPSA) is 145 Å². The lowest BCUT2D eigenvalue weighted by atomic mass is 9.69. The van der Waals surface area contributed by atoms with Crippen molar-refractivity contribution in [3.05, 3.63) is 41.2 Å². The molecule has 12 heteroatoms. The molecule has 2 bridgehead atoms. The molecule has 0 spiro atoms. The van der Waals surface area contributed by atoms with E-state index < -0.39 is 27.6 Å². The molecule has 2 aromatic heterocycles. The quantitative estimate of drug-likeness (QED) is 0.662. The Hall–Kier alpha value is -3.59. The zero-order chi connectivity index (χ0) is 22.7. The third-order valence-electron chi connectivity index (χ3n) is 5.96. The molecule has 1 saturated heterocycles. The van der Waals surface area contributed by atoms with Crippen LogP contribution in [0.5, 0.6) is 0 Å². The van der Waals surface area contributed by atoms with E-state index in [0.29, 0.717) is 12.0 Å². The molecular weight excluding hydrogens is 439 g/mol. The molecule has 1 aliphatic carbocycles. The number of carbonyl (C=O) groups excluding carboxylic acids is 2. The second kappa shape index (κ2) is 6.96. The monoisotopic (exact) mass is 456 g/mol. The van der Waals surface area contributed by atoms with Crippen LogP contribution in [-0.2, 0) is 15.5 Å². The number of urea groups is 1. The van der Waals surface area contributed by atoms with E-state index in [4.69, 9.17) is 0 Å². The summed E-state index contributed by atoms with van der Waals surface area (Å²) in [7, 11) is -3.05. The first-order chi connectivity index (χ1) is 15.2. The van der Waals surface area contributed by atoms with Gasteiger partial charge in [0.2, 0.25) is 0 Å². The van der Waals surface area contributed by atoms with Crippen LogP contribution >= 0.6 is 0 Å². The number of nitrogens with zero attached hydrogens (tertiary/aromatic N) is 4. The molecule has 2 aromatic rings. The molecule has 6 rings (SSSR count). The van der Waals surface area contributed by atoms with Crippen LogP contribution in [0.2, 0.25) is 0 Å². The Morgan fingerprint density at radius 1 is 1.34 bits per heavy atom. The number of halogens is 1. The predicted octanol–water partition coefficient (Wildman–Crippen LogP) is 1.75. The van der Waals surface area contributed by atoms with Crippen molar-refractivity contribution >= 4 is 39.5 Å². The molecule has 0 aromatic carbocycles. The van der Waals surface area contributed by atoms with E-state index in [0.717, 1.165) is 0 Å². The van der Waals surface area contributed by atoms with Crippen LogP contribution in [0.3, 0.4) is 0 Å². The molecule has 2 fully saturated rings. The van der Waals surface area contributed by atoms with E-state index in [-0.39, 0.29) is 58.8 Å². The molecule has 0 unspecified atom stereocenters. The minimum atomic E-state index is -3.05. The van der Waals surface area contributed by atoms with E-state index in [1.165, 1.54) is 29.3 Å². The van der Waals surface area contributed by atoms with Crippen LogP contribution in [-0.4, -0.2) is 54.3 Å². The van der Waals surface area contributed by atoms with Gasteiger partial charge >= 0.3 is 6.03 Å². The SMILES string of the molecule is N#Cc1cnc(NC(=O)N2c3nc(C=O)ccc3C3(F)CC2C3)cc1NC1CS(=O)(=O)C1. The Morgan fingerprint density at radius 3 is 2.75 bits per heavy atom. The molecule has 3 aliphatic heterocycles. The summed E-state index contributed by atoms with van der Waals surface area (Å²) >= 11 is 0. The zero-order valence-corrected chi connectivity index (χ0v) is 17.4. The number of aromatic nitrogens is 2. The number of carbonyl (C=O) groups is 2. The Balaban J connectivity index is 1.40. The largest absolute Gasteiger partial charge is 0.379 e. The maximum atomic E-state index is 15.0. The molecule has 0 radical (unpaired) electrons. The molecule has 164 valence electrons. The third-order valence-corrected chi connectivity index (χ3v) is 7.78. The molecule has 0 atom stereocenters. The third kappa shape index (κ3) is 3.25. The van der Waals surface area contributed by atoms with Crippen molar-refractivity contribution in [2.75, 3.05) is 27.0 Å². The number of aldehydes is 1. The normalized spacial score (nSPS) is 24.9. The first-order valence-corrected chi connectivity index (χ1v) is 11.7. The summed E-state index contributed by atoms with van der Waals surface area (Å²) in [5.41, 5.74) is -0.649. The van der Waals surface area contributed by atoms with E-state index in [9.17, 15) is 27.7 Å². The zero-order valence-electron chi connectivity index (χ0n) is 16.6. The van der Waals surface area contributed by atoms with Gasteiger partial charge in [-0.25, -0.2) is 27.6 Å². The van der Waals surface area contributed by atoms with Gasteiger partial charge in [-0.1, -0.05) is 0 Å². The molecule has 5 heterocycles. The van der Waals surface area contributed by atoms with Crippen LogP contribution in [0, 0.1) is 11.3 Å². The average molecular weight is 456 g/mol. The van der Waals surface area contributed by atoms with Gasteiger partial charge in [0.05, 0.1) is 28.8 Å². The first kappa shape index (κ1) is 20.3. The highest BCUT2D eigenvalue weighted by atomic mass is 32.2. The second-order valence-electron chi connectivity index (χ2n) is 8.20. The molecule has 32 heavy (non-hydrogen) atoms. The number of hydrogen-bond acceptors (Lipinski definition) is 8. The van der Waals surface area contributed by atoms with E-state index in [2.05, 4.69) is 20.6 Å². The van der Waals surface area contributed by atoms with Gasteiger partial charge in [-0.05, 0) is 12.1 Å². The van der Waals surface area contributed by atoms with Crippen molar-refractivity contribution in [2.45, 2.75) is 30.6 Å². The van der Waals surface area contributed by atoms with E-state index in [1.807, 2.05) is 6.07 Å².